The predicted octanol–water partition coefficient (Wildman–Crippen LogP) is 1.31. The van der Waals surface area contributed by atoms with Crippen LogP contribution in [0.2, 0.25) is 0 Å². The monoisotopic (exact) mass is 536 g/mol. The number of amides is 2. The molecule has 0 radical (unpaired) electrons. The number of benzene rings is 1. The largest absolute Gasteiger partial charge is 0.339 e. The summed E-state index contributed by atoms with van der Waals surface area (Å²) in [6, 6.07) is 9.79. The number of rotatable bonds is 8. The summed E-state index contributed by atoms with van der Waals surface area (Å²) in [7, 11) is -3.83. The SMILES string of the molecule is CCCC(NC(=O)c1cnc2ccccc2n1)C(=O)N1CCC2C1C(=O)CN2S(=O)(=O)Cc1ccccn1. The minimum absolute atomic E-state index is 0.0839. The van der Waals surface area contributed by atoms with Gasteiger partial charge in [0.25, 0.3) is 5.91 Å². The summed E-state index contributed by atoms with van der Waals surface area (Å²) in [6.45, 7) is 1.83. The molecule has 11 nitrogen and oxygen atoms in total. The van der Waals surface area contributed by atoms with Crippen molar-refractivity contribution in [1.29, 1.82) is 0 Å². The van der Waals surface area contributed by atoms with Crippen LogP contribution in [0.15, 0.2) is 54.9 Å². The number of sulfonamides is 1. The first-order valence-corrected chi connectivity index (χ1v) is 14.1. The van der Waals surface area contributed by atoms with E-state index < -0.39 is 40.0 Å². The molecule has 12 heteroatoms. The van der Waals surface area contributed by atoms with Crippen molar-refractivity contribution in [3.63, 3.8) is 0 Å². The molecule has 4 heterocycles. The van der Waals surface area contributed by atoms with Gasteiger partial charge in [-0.1, -0.05) is 31.5 Å². The van der Waals surface area contributed by atoms with Gasteiger partial charge >= 0.3 is 0 Å². The van der Waals surface area contributed by atoms with Crippen LogP contribution in [0, 0.1) is 0 Å². The molecule has 5 rings (SSSR count). The second-order valence-electron chi connectivity index (χ2n) is 9.48. The van der Waals surface area contributed by atoms with E-state index in [1.165, 1.54) is 21.6 Å². The third-order valence-electron chi connectivity index (χ3n) is 6.94. The van der Waals surface area contributed by atoms with Gasteiger partial charge in [-0.2, -0.15) is 4.31 Å². The molecule has 2 aliphatic heterocycles. The summed E-state index contributed by atoms with van der Waals surface area (Å²) >= 11 is 0. The average Bonchev–Trinajstić information content (AvgIpc) is 3.49. The molecule has 2 aliphatic rings. The van der Waals surface area contributed by atoms with E-state index in [4.69, 9.17) is 0 Å². The molecule has 38 heavy (non-hydrogen) atoms. The molecule has 3 unspecified atom stereocenters. The number of aromatic nitrogens is 3. The van der Waals surface area contributed by atoms with Crippen LogP contribution in [0.3, 0.4) is 0 Å². The number of nitrogens with zero attached hydrogens (tertiary/aromatic N) is 5. The molecular weight excluding hydrogens is 508 g/mol. The zero-order valence-electron chi connectivity index (χ0n) is 20.9. The molecule has 2 fully saturated rings. The number of hydrogen-bond acceptors (Lipinski definition) is 8. The Kier molecular flexibility index (Phi) is 7.17. The van der Waals surface area contributed by atoms with Crippen LogP contribution in [-0.2, 0) is 25.4 Å². The molecule has 2 saturated heterocycles. The quantitative estimate of drug-likeness (QED) is 0.454. The van der Waals surface area contributed by atoms with Crippen molar-refractivity contribution in [2.24, 2.45) is 0 Å². The topological polar surface area (TPSA) is 143 Å². The highest BCUT2D eigenvalue weighted by Gasteiger charge is 2.54. The number of carbonyl (C=O) groups excluding carboxylic acids is 3. The smallest absolute Gasteiger partial charge is 0.272 e. The van der Waals surface area contributed by atoms with Gasteiger partial charge in [0.1, 0.15) is 23.5 Å². The fourth-order valence-electron chi connectivity index (χ4n) is 5.18. The van der Waals surface area contributed by atoms with Crippen molar-refractivity contribution in [3.05, 3.63) is 66.2 Å². The van der Waals surface area contributed by atoms with Crippen LogP contribution >= 0.6 is 0 Å². The van der Waals surface area contributed by atoms with E-state index >= 15 is 0 Å². The lowest BCUT2D eigenvalue weighted by atomic mass is 10.1. The Morgan fingerprint density at radius 2 is 1.87 bits per heavy atom. The second kappa shape index (κ2) is 10.5. The van der Waals surface area contributed by atoms with E-state index in [9.17, 15) is 22.8 Å². The van der Waals surface area contributed by atoms with E-state index in [-0.39, 0.29) is 30.3 Å². The number of nitrogens with one attached hydrogen (secondary N) is 1. The van der Waals surface area contributed by atoms with E-state index in [0.29, 0.717) is 36.0 Å². The number of carbonyl (C=O) groups is 3. The lowest BCUT2D eigenvalue weighted by molar-refractivity contribution is -0.138. The number of Topliss-reactive ketones (excluding diaryl/α,β-unsaturated/α-hetero) is 1. The maximum Gasteiger partial charge on any atom is 0.272 e. The van der Waals surface area contributed by atoms with Crippen LogP contribution in [0.1, 0.15) is 42.4 Å². The van der Waals surface area contributed by atoms with E-state index in [1.54, 1.807) is 36.4 Å². The van der Waals surface area contributed by atoms with Crippen molar-refractivity contribution < 1.29 is 22.8 Å². The van der Waals surface area contributed by atoms with Gasteiger partial charge in [0.2, 0.25) is 15.9 Å². The van der Waals surface area contributed by atoms with Crippen LogP contribution in [0.5, 0.6) is 0 Å². The highest BCUT2D eigenvalue weighted by atomic mass is 32.2. The first kappa shape index (κ1) is 25.9. The van der Waals surface area contributed by atoms with E-state index in [1.807, 2.05) is 13.0 Å². The number of pyridine rings is 1. The number of ketones is 1. The molecule has 1 aromatic carbocycles. The molecule has 0 aliphatic carbocycles. The van der Waals surface area contributed by atoms with Crippen LogP contribution in [0.25, 0.3) is 11.0 Å². The maximum atomic E-state index is 13.6. The first-order valence-electron chi connectivity index (χ1n) is 12.5. The summed E-state index contributed by atoms with van der Waals surface area (Å²) in [5.74, 6) is -1.59. The normalized spacial score (nSPS) is 20.4. The lowest BCUT2D eigenvalue weighted by Crippen LogP contribution is -2.52. The lowest BCUT2D eigenvalue weighted by Gasteiger charge is -2.28. The standard InChI is InChI=1S/C26H28N6O5S/c1-2-7-20(30-25(34)21-14-28-18-9-3-4-10-19(18)29-21)26(35)31-13-11-22-24(31)23(33)15-32(22)38(36,37)16-17-8-5-6-12-27-17/h3-6,8-10,12,14,20,22,24H,2,7,11,13,15-16H2,1H3,(H,30,34). The average molecular weight is 537 g/mol. The van der Waals surface area contributed by atoms with Crippen LogP contribution < -0.4 is 5.32 Å². The molecule has 3 atom stereocenters. The molecule has 1 N–H and O–H groups in total. The van der Waals surface area contributed by atoms with Gasteiger partial charge in [0.15, 0.2) is 5.78 Å². The minimum Gasteiger partial charge on any atom is -0.339 e. The Balaban J connectivity index is 1.31. The van der Waals surface area contributed by atoms with Crippen molar-refractivity contribution in [3.8, 4) is 0 Å². The van der Waals surface area contributed by atoms with Gasteiger partial charge in [0.05, 0.1) is 35.5 Å². The van der Waals surface area contributed by atoms with Crippen molar-refractivity contribution in [2.75, 3.05) is 13.1 Å². The van der Waals surface area contributed by atoms with Gasteiger partial charge in [-0.3, -0.25) is 24.4 Å². The predicted molar refractivity (Wildman–Crippen MR) is 138 cm³/mol. The second-order valence-corrected chi connectivity index (χ2v) is 11.4. The van der Waals surface area contributed by atoms with E-state index in [0.717, 1.165) is 0 Å². The molecule has 3 aromatic rings. The molecule has 0 spiro atoms. The molecule has 0 saturated carbocycles. The zero-order chi connectivity index (χ0) is 26.9. The summed E-state index contributed by atoms with van der Waals surface area (Å²) in [5, 5.41) is 2.76. The number of hydrogen-bond donors (Lipinski definition) is 1. The summed E-state index contributed by atoms with van der Waals surface area (Å²) in [4.78, 5) is 53.7. The summed E-state index contributed by atoms with van der Waals surface area (Å²) in [5.41, 5.74) is 1.68. The van der Waals surface area contributed by atoms with Crippen molar-refractivity contribution >= 4 is 38.7 Å². The maximum absolute atomic E-state index is 13.6. The van der Waals surface area contributed by atoms with Crippen molar-refractivity contribution in [2.45, 2.75) is 50.1 Å². The van der Waals surface area contributed by atoms with Gasteiger partial charge in [-0.15, -0.1) is 0 Å². The fraction of sp³-hybridized carbons (Fsp3) is 0.385. The third-order valence-corrected chi connectivity index (χ3v) is 8.71. The van der Waals surface area contributed by atoms with Gasteiger partial charge in [-0.25, -0.2) is 13.4 Å². The number of likely N-dealkylation sites (tertiary alicyclic amines) is 1. The molecule has 2 aromatic heterocycles. The minimum atomic E-state index is -3.83. The Morgan fingerprint density at radius 1 is 1.11 bits per heavy atom. The Labute approximate surface area is 220 Å². The molecule has 198 valence electrons. The summed E-state index contributed by atoms with van der Waals surface area (Å²) in [6.07, 6.45) is 4.19. The highest BCUT2D eigenvalue weighted by Crippen LogP contribution is 2.33. The van der Waals surface area contributed by atoms with Gasteiger partial charge in [-0.05, 0) is 37.1 Å². The Bertz CT molecular complexity index is 1480. The number of fused-ring (bicyclic) bond motifs is 2. The number of para-hydroxylation sites is 2. The highest BCUT2D eigenvalue weighted by molar-refractivity contribution is 7.88. The van der Waals surface area contributed by atoms with Crippen LogP contribution in [-0.4, -0.2) is 81.4 Å². The molecule has 2 amide bonds. The summed E-state index contributed by atoms with van der Waals surface area (Å²) < 4.78 is 27.5. The van der Waals surface area contributed by atoms with Gasteiger partial charge in [0, 0.05) is 12.7 Å². The van der Waals surface area contributed by atoms with E-state index in [2.05, 4.69) is 20.3 Å². The van der Waals surface area contributed by atoms with Gasteiger partial charge < -0.3 is 10.2 Å². The molecule has 0 bridgehead atoms. The Hall–Kier alpha value is -3.77. The van der Waals surface area contributed by atoms with Crippen molar-refractivity contribution in [1.82, 2.24) is 29.5 Å². The first-order chi connectivity index (χ1) is 18.3. The zero-order valence-corrected chi connectivity index (χ0v) is 21.7. The van der Waals surface area contributed by atoms with Crippen LogP contribution in [0.4, 0.5) is 0 Å². The third kappa shape index (κ3) is 5.01. The molecular formula is C26H28N6O5S. The Morgan fingerprint density at radius 3 is 2.61 bits per heavy atom. The fourth-order valence-corrected chi connectivity index (χ4v) is 6.85.